The van der Waals surface area contributed by atoms with Crippen LogP contribution in [0.5, 0.6) is 0 Å². The van der Waals surface area contributed by atoms with Crippen molar-refractivity contribution in [2.75, 3.05) is 0 Å². The Balaban J connectivity index is 0.00000103. The summed E-state index contributed by atoms with van der Waals surface area (Å²) in [6, 6.07) is 3.85. The summed E-state index contributed by atoms with van der Waals surface area (Å²) in [6.07, 6.45) is 7.26. The number of aromatic nitrogens is 2. The highest BCUT2D eigenvalue weighted by molar-refractivity contribution is 7.82. The normalized spacial score (nSPS) is 13.6. The number of benzene rings is 1. The zero-order chi connectivity index (χ0) is 22.8. The molecular weight excluding hydrogens is 396 g/mol. The van der Waals surface area contributed by atoms with Crippen LogP contribution in [0.2, 0.25) is 0 Å². The molecule has 8 heteroatoms. The second-order valence-electron chi connectivity index (χ2n) is 6.94. The number of allylic oxidation sites excluding steroid dienone is 1. The van der Waals surface area contributed by atoms with E-state index in [4.69, 9.17) is 29.4 Å². The average molecular weight is 429 g/mol. The molecule has 2 aromatic rings. The van der Waals surface area contributed by atoms with E-state index in [0.717, 1.165) is 22.0 Å². The highest BCUT2D eigenvalue weighted by atomic mass is 32.1. The molecule has 0 aliphatic rings. The van der Waals surface area contributed by atoms with Crippen molar-refractivity contribution in [3.05, 3.63) is 47.4 Å². The van der Waals surface area contributed by atoms with Crippen LogP contribution >= 0.6 is 12.2 Å². The Kier molecular flexibility index (Phi) is 9.91. The number of fused-ring (bicyclic) bond motifs is 1. The molecule has 0 spiro atoms. The molecule has 0 saturated carbocycles. The molecule has 30 heavy (non-hydrogen) atoms. The maximum atomic E-state index is 11.7. The number of aromatic amines is 1. The Labute approximate surface area is 183 Å². The number of carbonyl (C=O) groups excluding carboxylic acids is 1. The van der Waals surface area contributed by atoms with Gasteiger partial charge >= 0.3 is 0 Å². The fourth-order valence-corrected chi connectivity index (χ4v) is 2.62. The number of rotatable bonds is 7. The molecule has 1 unspecified atom stereocenters. The molecule has 162 valence electrons. The molecular formula is C22H32N6OS. The van der Waals surface area contributed by atoms with Gasteiger partial charge in [-0.15, -0.1) is 0 Å². The maximum Gasteiger partial charge on any atom is 0.226 e. The molecule has 0 radical (unpaired) electrons. The quantitative estimate of drug-likeness (QED) is 0.303. The number of hydrogen-bond donors (Lipinski definition) is 4. The van der Waals surface area contributed by atoms with Crippen molar-refractivity contribution in [3.8, 4) is 0 Å². The lowest BCUT2D eigenvalue weighted by atomic mass is 9.96. The molecule has 2 rings (SSSR count). The summed E-state index contributed by atoms with van der Waals surface area (Å²) in [6.45, 7) is 9.70. The monoisotopic (exact) mass is 428 g/mol. The van der Waals surface area contributed by atoms with Gasteiger partial charge in [0.05, 0.1) is 33.9 Å². The third-order valence-electron chi connectivity index (χ3n) is 4.62. The SMILES string of the molecule is CC(=N/C(=C(/N)C(C)C(N)=O)c1c(C)ccc2[nH]ncc12)C(=S)/C=C\N.CCCC. The van der Waals surface area contributed by atoms with Crippen molar-refractivity contribution < 1.29 is 4.79 Å². The number of nitrogens with zero attached hydrogens (tertiary/aromatic N) is 2. The number of hydrogen-bond acceptors (Lipinski definition) is 6. The van der Waals surface area contributed by atoms with Gasteiger partial charge in [0.1, 0.15) is 0 Å². The zero-order valence-electron chi connectivity index (χ0n) is 18.3. The fraction of sp³-hybridized carbons (Fsp3) is 0.364. The molecule has 7 N–H and O–H groups in total. The van der Waals surface area contributed by atoms with E-state index in [2.05, 4.69) is 29.0 Å². The third-order valence-corrected chi connectivity index (χ3v) is 5.05. The van der Waals surface area contributed by atoms with E-state index < -0.39 is 11.8 Å². The van der Waals surface area contributed by atoms with E-state index in [0.29, 0.717) is 16.3 Å². The first kappa shape index (κ1) is 25.0. The molecule has 0 fully saturated rings. The first-order valence-corrected chi connectivity index (χ1v) is 10.3. The number of H-pyrrole nitrogens is 1. The van der Waals surface area contributed by atoms with E-state index in [1.807, 2.05) is 19.1 Å². The van der Waals surface area contributed by atoms with Crippen LogP contribution < -0.4 is 17.2 Å². The van der Waals surface area contributed by atoms with Crippen molar-refractivity contribution >= 4 is 45.3 Å². The van der Waals surface area contributed by atoms with E-state index >= 15 is 0 Å². The van der Waals surface area contributed by atoms with E-state index in [1.165, 1.54) is 19.0 Å². The van der Waals surface area contributed by atoms with Gasteiger partial charge in [-0.1, -0.05) is 45.0 Å². The van der Waals surface area contributed by atoms with Crippen molar-refractivity contribution in [2.45, 2.75) is 47.5 Å². The molecule has 0 aliphatic carbocycles. The summed E-state index contributed by atoms with van der Waals surface area (Å²) in [5.74, 6) is -1.23. The second-order valence-corrected chi connectivity index (χ2v) is 7.38. The maximum absolute atomic E-state index is 11.7. The van der Waals surface area contributed by atoms with E-state index in [-0.39, 0.29) is 5.70 Å². The number of unbranched alkanes of at least 4 members (excludes halogenated alkanes) is 1. The second kappa shape index (κ2) is 11.9. The van der Waals surface area contributed by atoms with Gasteiger partial charge in [0.2, 0.25) is 5.91 Å². The lowest BCUT2D eigenvalue weighted by molar-refractivity contribution is -0.120. The van der Waals surface area contributed by atoms with Crippen LogP contribution in [0.15, 0.2) is 41.3 Å². The summed E-state index contributed by atoms with van der Waals surface area (Å²) in [5, 5.41) is 7.85. The molecule has 1 heterocycles. The Hall–Kier alpha value is -3.00. The number of thiocarbonyl (C=S) groups is 1. The molecule has 1 aromatic heterocycles. The predicted molar refractivity (Wildman–Crippen MR) is 130 cm³/mol. The van der Waals surface area contributed by atoms with E-state index in [9.17, 15) is 4.79 Å². The number of primary amides is 1. The Morgan fingerprint density at radius 1 is 1.30 bits per heavy atom. The lowest BCUT2D eigenvalue weighted by Crippen LogP contribution is -2.26. The van der Waals surface area contributed by atoms with Gasteiger partial charge < -0.3 is 17.2 Å². The van der Waals surface area contributed by atoms with Crippen LogP contribution in [0.4, 0.5) is 0 Å². The number of nitrogens with one attached hydrogen (secondary N) is 1. The van der Waals surface area contributed by atoms with Crippen LogP contribution in [-0.4, -0.2) is 26.7 Å². The van der Waals surface area contributed by atoms with Crippen molar-refractivity contribution in [1.29, 1.82) is 0 Å². The standard InChI is InChI=1S/C18H22N6OS.C4H10/c1-9-4-5-13-12(8-22-24-13)15(9)17(16(20)10(2)18(21)25)23-11(3)14(26)6-7-19;1-3-4-2/h4-8,10H,19-20H2,1-3H3,(H2,21,25)(H,22,24);3-4H2,1-2H3/b7-6-,17-16+,23-11?;. The van der Waals surface area contributed by atoms with Crippen molar-refractivity contribution in [3.63, 3.8) is 0 Å². The average Bonchev–Trinajstić information content (AvgIpc) is 3.20. The number of carbonyl (C=O) groups is 1. The molecule has 1 amide bonds. The lowest BCUT2D eigenvalue weighted by Gasteiger charge is -2.16. The Bertz CT molecular complexity index is 985. The topological polar surface area (TPSA) is 136 Å². The Morgan fingerprint density at radius 3 is 2.47 bits per heavy atom. The highest BCUT2D eigenvalue weighted by Crippen LogP contribution is 2.31. The first-order valence-electron chi connectivity index (χ1n) is 9.89. The molecule has 7 nitrogen and oxygen atoms in total. The minimum Gasteiger partial charge on any atom is -0.405 e. The summed E-state index contributed by atoms with van der Waals surface area (Å²) < 4.78 is 0. The summed E-state index contributed by atoms with van der Waals surface area (Å²) >= 11 is 5.29. The van der Waals surface area contributed by atoms with Crippen LogP contribution in [0.1, 0.15) is 51.7 Å². The van der Waals surface area contributed by atoms with Crippen LogP contribution in [0.3, 0.4) is 0 Å². The first-order chi connectivity index (χ1) is 14.2. The minimum atomic E-state index is -0.693. The van der Waals surface area contributed by atoms with Crippen molar-refractivity contribution in [2.24, 2.45) is 28.1 Å². The largest absolute Gasteiger partial charge is 0.405 e. The summed E-state index contributed by atoms with van der Waals surface area (Å²) in [5.41, 5.74) is 21.0. The van der Waals surface area contributed by atoms with Crippen LogP contribution in [0, 0.1) is 12.8 Å². The Morgan fingerprint density at radius 2 is 1.93 bits per heavy atom. The van der Waals surface area contributed by atoms with Gasteiger partial charge in [-0.05, 0) is 44.7 Å². The van der Waals surface area contributed by atoms with Gasteiger partial charge in [-0.25, -0.2) is 4.99 Å². The number of aliphatic imine (C=N–C) groups is 1. The van der Waals surface area contributed by atoms with E-state index in [1.54, 1.807) is 26.1 Å². The molecule has 0 saturated heterocycles. The van der Waals surface area contributed by atoms with Gasteiger partial charge in [-0.3, -0.25) is 9.89 Å². The predicted octanol–water partition coefficient (Wildman–Crippen LogP) is 3.73. The third kappa shape index (κ3) is 6.25. The van der Waals surface area contributed by atoms with Gasteiger partial charge in [0, 0.05) is 16.6 Å². The fourth-order valence-electron chi connectivity index (χ4n) is 2.49. The van der Waals surface area contributed by atoms with Crippen LogP contribution in [-0.2, 0) is 4.79 Å². The molecule has 1 aromatic carbocycles. The smallest absolute Gasteiger partial charge is 0.226 e. The minimum absolute atomic E-state index is 0.271. The van der Waals surface area contributed by atoms with Gasteiger partial charge in [0.25, 0.3) is 0 Å². The summed E-state index contributed by atoms with van der Waals surface area (Å²) in [4.78, 5) is 16.8. The molecule has 1 atom stereocenters. The summed E-state index contributed by atoms with van der Waals surface area (Å²) in [7, 11) is 0. The number of nitrogens with two attached hydrogens (primary N) is 3. The van der Waals surface area contributed by atoms with Crippen molar-refractivity contribution in [1.82, 2.24) is 10.2 Å². The molecule has 0 aliphatic heterocycles. The number of amides is 1. The molecule has 0 bridgehead atoms. The van der Waals surface area contributed by atoms with Gasteiger partial charge in [0.15, 0.2) is 0 Å². The van der Waals surface area contributed by atoms with Crippen LogP contribution in [0.25, 0.3) is 16.6 Å². The van der Waals surface area contributed by atoms with Gasteiger partial charge in [-0.2, -0.15) is 5.10 Å². The number of aryl methyl sites for hydroxylation is 1. The zero-order valence-corrected chi connectivity index (χ0v) is 19.1. The highest BCUT2D eigenvalue weighted by Gasteiger charge is 2.21.